The molecule has 0 fully saturated rings. The number of rotatable bonds is 0. The van der Waals surface area contributed by atoms with Gasteiger partial charge in [-0.25, -0.2) is 14.3 Å². The Morgan fingerprint density at radius 2 is 2.19 bits per heavy atom. The third kappa shape index (κ3) is 1.05. The molecule has 0 amide bonds. The standard InChI is InChI=1S/C11H9N3O2/c1-6-4-10-12-13-11(16)14(10)9-3-2-7(15)5-8(6)9/h2-5,15H,1H3,(H,13,16). The molecule has 80 valence electrons. The summed E-state index contributed by atoms with van der Waals surface area (Å²) in [6.07, 6.45) is 0. The highest BCUT2D eigenvalue weighted by molar-refractivity contribution is 5.86. The van der Waals surface area contributed by atoms with Crippen LogP contribution in [0.1, 0.15) is 5.56 Å². The number of hydrogen-bond donors (Lipinski definition) is 2. The van der Waals surface area contributed by atoms with Crippen molar-refractivity contribution in [3.8, 4) is 5.75 Å². The lowest BCUT2D eigenvalue weighted by Crippen LogP contribution is -2.10. The topological polar surface area (TPSA) is 70.4 Å². The van der Waals surface area contributed by atoms with Crippen molar-refractivity contribution in [2.75, 3.05) is 0 Å². The zero-order valence-corrected chi connectivity index (χ0v) is 8.56. The second-order valence-electron chi connectivity index (χ2n) is 3.75. The second kappa shape index (κ2) is 2.85. The summed E-state index contributed by atoms with van der Waals surface area (Å²) >= 11 is 0. The molecule has 0 aliphatic heterocycles. The number of hydrogen-bond acceptors (Lipinski definition) is 3. The van der Waals surface area contributed by atoms with E-state index in [1.54, 1.807) is 24.3 Å². The van der Waals surface area contributed by atoms with E-state index >= 15 is 0 Å². The lowest BCUT2D eigenvalue weighted by molar-refractivity contribution is 0.476. The fraction of sp³-hybridized carbons (Fsp3) is 0.0909. The van der Waals surface area contributed by atoms with Gasteiger partial charge in [0.05, 0.1) is 5.52 Å². The number of H-pyrrole nitrogens is 1. The van der Waals surface area contributed by atoms with Crippen LogP contribution < -0.4 is 5.69 Å². The van der Waals surface area contributed by atoms with Crippen molar-refractivity contribution in [1.29, 1.82) is 0 Å². The van der Waals surface area contributed by atoms with E-state index in [1.807, 2.05) is 6.92 Å². The molecule has 3 aromatic rings. The molecule has 0 saturated heterocycles. The van der Waals surface area contributed by atoms with Gasteiger partial charge in [0.25, 0.3) is 0 Å². The number of phenolic OH excluding ortho intramolecular Hbond substituents is 1. The molecule has 2 heterocycles. The molecule has 5 heteroatoms. The Kier molecular flexibility index (Phi) is 1.60. The van der Waals surface area contributed by atoms with E-state index in [1.165, 1.54) is 4.40 Å². The van der Waals surface area contributed by atoms with Gasteiger partial charge in [-0.15, -0.1) is 0 Å². The molecule has 0 radical (unpaired) electrons. The van der Waals surface area contributed by atoms with E-state index in [9.17, 15) is 9.90 Å². The molecule has 0 spiro atoms. The molecule has 3 rings (SSSR count). The molecule has 0 atom stereocenters. The molecule has 2 aromatic heterocycles. The quantitative estimate of drug-likeness (QED) is 0.591. The van der Waals surface area contributed by atoms with Crippen molar-refractivity contribution in [2.24, 2.45) is 0 Å². The van der Waals surface area contributed by atoms with Gasteiger partial charge in [-0.05, 0) is 36.8 Å². The summed E-state index contributed by atoms with van der Waals surface area (Å²) in [5.41, 5.74) is 2.02. The van der Waals surface area contributed by atoms with Crippen LogP contribution >= 0.6 is 0 Å². The maximum Gasteiger partial charge on any atom is 0.348 e. The van der Waals surface area contributed by atoms with Crippen LogP contribution in [0.3, 0.4) is 0 Å². The van der Waals surface area contributed by atoms with Gasteiger partial charge in [-0.3, -0.25) is 0 Å². The minimum atomic E-state index is -0.273. The van der Waals surface area contributed by atoms with Gasteiger partial charge >= 0.3 is 5.69 Å². The summed E-state index contributed by atoms with van der Waals surface area (Å²) in [6, 6.07) is 6.71. The third-order valence-electron chi connectivity index (χ3n) is 2.69. The van der Waals surface area contributed by atoms with Gasteiger partial charge < -0.3 is 5.11 Å². The fourth-order valence-corrected chi connectivity index (χ4v) is 1.95. The first-order valence-electron chi connectivity index (χ1n) is 4.86. The van der Waals surface area contributed by atoms with E-state index in [4.69, 9.17) is 0 Å². The average molecular weight is 215 g/mol. The van der Waals surface area contributed by atoms with Crippen LogP contribution in [0.15, 0.2) is 29.1 Å². The van der Waals surface area contributed by atoms with E-state index in [2.05, 4.69) is 10.2 Å². The summed E-state index contributed by atoms with van der Waals surface area (Å²) in [6.45, 7) is 1.92. The number of nitrogens with zero attached hydrogens (tertiary/aromatic N) is 2. The Balaban J connectivity index is 2.68. The van der Waals surface area contributed by atoms with Crippen LogP contribution in [0.5, 0.6) is 5.75 Å². The fourth-order valence-electron chi connectivity index (χ4n) is 1.95. The molecule has 0 saturated carbocycles. The first-order chi connectivity index (χ1) is 7.66. The Labute approximate surface area is 90.0 Å². The van der Waals surface area contributed by atoms with Gasteiger partial charge in [0.1, 0.15) is 5.75 Å². The maximum atomic E-state index is 11.6. The van der Waals surface area contributed by atoms with E-state index in [-0.39, 0.29) is 11.4 Å². The average Bonchev–Trinajstić information content (AvgIpc) is 2.61. The zero-order valence-electron chi connectivity index (χ0n) is 8.56. The SMILES string of the molecule is Cc1cc2n[nH]c(=O)n2c2ccc(O)cc12. The molecule has 0 aliphatic rings. The molecule has 0 bridgehead atoms. The lowest BCUT2D eigenvalue weighted by atomic mass is 10.1. The molecule has 16 heavy (non-hydrogen) atoms. The van der Waals surface area contributed by atoms with Crippen LogP contribution in [0.2, 0.25) is 0 Å². The van der Waals surface area contributed by atoms with Gasteiger partial charge in [-0.2, -0.15) is 5.10 Å². The number of phenols is 1. The van der Waals surface area contributed by atoms with Crippen molar-refractivity contribution in [1.82, 2.24) is 14.6 Å². The van der Waals surface area contributed by atoms with Gasteiger partial charge in [0.2, 0.25) is 0 Å². The number of nitrogens with one attached hydrogen (secondary N) is 1. The molecule has 5 nitrogen and oxygen atoms in total. The van der Waals surface area contributed by atoms with Crippen LogP contribution in [-0.2, 0) is 0 Å². The molecular formula is C11H9N3O2. The Morgan fingerprint density at radius 1 is 1.38 bits per heavy atom. The summed E-state index contributed by atoms with van der Waals surface area (Å²) in [4.78, 5) is 11.6. The summed E-state index contributed by atoms with van der Waals surface area (Å²) < 4.78 is 1.49. The number of benzene rings is 1. The molecule has 0 aliphatic carbocycles. The van der Waals surface area contributed by atoms with Crippen molar-refractivity contribution in [3.05, 3.63) is 40.3 Å². The number of aryl methyl sites for hydroxylation is 1. The Bertz CT molecular complexity index is 755. The smallest absolute Gasteiger partial charge is 0.348 e. The summed E-state index contributed by atoms with van der Waals surface area (Å²) in [5, 5.41) is 16.6. The molecular weight excluding hydrogens is 206 g/mol. The third-order valence-corrected chi connectivity index (χ3v) is 2.69. The first kappa shape index (κ1) is 8.96. The summed E-state index contributed by atoms with van der Waals surface area (Å²) in [7, 11) is 0. The number of fused-ring (bicyclic) bond motifs is 3. The number of aromatic nitrogens is 3. The minimum absolute atomic E-state index is 0.187. The van der Waals surface area contributed by atoms with Gasteiger partial charge in [0.15, 0.2) is 5.65 Å². The highest BCUT2D eigenvalue weighted by Gasteiger charge is 2.07. The van der Waals surface area contributed by atoms with Crippen molar-refractivity contribution >= 4 is 16.6 Å². The highest BCUT2D eigenvalue weighted by atomic mass is 16.3. The molecule has 1 aromatic carbocycles. The maximum absolute atomic E-state index is 11.6. The monoisotopic (exact) mass is 215 g/mol. The second-order valence-corrected chi connectivity index (χ2v) is 3.75. The largest absolute Gasteiger partial charge is 0.508 e. The van der Waals surface area contributed by atoms with Crippen LogP contribution in [0, 0.1) is 6.92 Å². The summed E-state index contributed by atoms with van der Waals surface area (Å²) in [5.74, 6) is 0.187. The molecule has 2 N–H and O–H groups in total. The van der Waals surface area contributed by atoms with Crippen molar-refractivity contribution < 1.29 is 5.11 Å². The lowest BCUT2D eigenvalue weighted by Gasteiger charge is -2.04. The van der Waals surface area contributed by atoms with E-state index in [0.717, 1.165) is 16.5 Å². The van der Waals surface area contributed by atoms with Crippen LogP contribution in [-0.4, -0.2) is 19.7 Å². The van der Waals surface area contributed by atoms with E-state index < -0.39 is 0 Å². The Hall–Kier alpha value is -2.30. The predicted octanol–water partition coefficient (Wildman–Crippen LogP) is 1.19. The Morgan fingerprint density at radius 3 is 3.00 bits per heavy atom. The van der Waals surface area contributed by atoms with Crippen molar-refractivity contribution in [3.63, 3.8) is 0 Å². The van der Waals surface area contributed by atoms with Gasteiger partial charge in [0, 0.05) is 5.39 Å². The number of aromatic hydroxyl groups is 1. The highest BCUT2D eigenvalue weighted by Crippen LogP contribution is 2.23. The normalized spacial score (nSPS) is 11.3. The van der Waals surface area contributed by atoms with Gasteiger partial charge in [-0.1, -0.05) is 0 Å². The minimum Gasteiger partial charge on any atom is -0.508 e. The number of aromatic amines is 1. The van der Waals surface area contributed by atoms with E-state index in [0.29, 0.717) is 5.65 Å². The first-order valence-corrected chi connectivity index (χ1v) is 4.86. The molecule has 0 unspecified atom stereocenters. The van der Waals surface area contributed by atoms with Crippen molar-refractivity contribution in [2.45, 2.75) is 6.92 Å². The van der Waals surface area contributed by atoms with Crippen LogP contribution in [0.25, 0.3) is 16.6 Å². The van der Waals surface area contributed by atoms with Crippen LogP contribution in [0.4, 0.5) is 0 Å². The zero-order chi connectivity index (χ0) is 11.3. The number of pyridine rings is 1. The predicted molar refractivity (Wildman–Crippen MR) is 59.7 cm³/mol.